The number of rotatable bonds is 14. The number of halogens is 1. The fourth-order valence-corrected chi connectivity index (χ4v) is 8.02. The van der Waals surface area contributed by atoms with Crippen molar-refractivity contribution in [3.05, 3.63) is 30.0 Å². The van der Waals surface area contributed by atoms with E-state index in [0.29, 0.717) is 68.0 Å². The summed E-state index contributed by atoms with van der Waals surface area (Å²) in [6.07, 6.45) is 8.89. The number of likely N-dealkylation sites (tertiary alicyclic amines) is 1. The molecule has 1 saturated heterocycles. The summed E-state index contributed by atoms with van der Waals surface area (Å²) >= 11 is 0. The van der Waals surface area contributed by atoms with Gasteiger partial charge in [-0.05, 0) is 113 Å². The summed E-state index contributed by atoms with van der Waals surface area (Å²) in [4.78, 5) is 42.6. The summed E-state index contributed by atoms with van der Waals surface area (Å²) < 4.78 is 34.8. The smallest absolute Gasteiger partial charge is 0.374 e. The highest BCUT2D eigenvalue weighted by Gasteiger charge is 2.47. The predicted molar refractivity (Wildman–Crippen MR) is 177 cm³/mol. The molecule has 47 heavy (non-hydrogen) atoms. The lowest BCUT2D eigenvalue weighted by molar-refractivity contribution is -0.142. The van der Waals surface area contributed by atoms with E-state index in [9.17, 15) is 18.8 Å². The van der Waals surface area contributed by atoms with Gasteiger partial charge in [-0.15, -0.1) is 0 Å². The molecular weight excluding hydrogens is 605 g/mol. The van der Waals surface area contributed by atoms with Crippen molar-refractivity contribution < 1.29 is 37.4 Å². The molecule has 5 rings (SSSR count). The molecule has 0 bridgehead atoms. The molecule has 3 atom stereocenters. The predicted octanol–water partition coefficient (Wildman–Crippen LogP) is 5.87. The van der Waals surface area contributed by atoms with E-state index >= 15 is 0 Å². The van der Waals surface area contributed by atoms with Gasteiger partial charge < -0.3 is 34.6 Å². The topological polar surface area (TPSA) is 133 Å². The zero-order chi connectivity index (χ0) is 33.3. The summed E-state index contributed by atoms with van der Waals surface area (Å²) in [5.74, 6) is -0.114. The molecule has 3 N–H and O–H groups in total. The molecule has 0 unspecified atom stereocenters. The normalized spacial score (nSPS) is 27.1. The third kappa shape index (κ3) is 8.72. The van der Waals surface area contributed by atoms with Crippen LogP contribution < -0.4 is 11.1 Å². The third-order valence-corrected chi connectivity index (χ3v) is 10.7. The lowest BCUT2D eigenvalue weighted by atomic mass is 9.75. The van der Waals surface area contributed by atoms with E-state index in [0.717, 1.165) is 44.9 Å². The number of amides is 2. The zero-order valence-corrected chi connectivity index (χ0v) is 27.9. The van der Waals surface area contributed by atoms with Crippen LogP contribution >= 0.6 is 0 Å². The van der Waals surface area contributed by atoms with Gasteiger partial charge in [-0.25, -0.2) is 4.79 Å². The van der Waals surface area contributed by atoms with Gasteiger partial charge in [0.1, 0.15) is 11.6 Å². The number of carbonyl (C=O) groups is 3. The van der Waals surface area contributed by atoms with Crippen LogP contribution in [-0.2, 0) is 23.8 Å². The molecule has 1 aliphatic heterocycles. The first-order valence-electron chi connectivity index (χ1n) is 17.6. The Morgan fingerprint density at radius 2 is 1.81 bits per heavy atom. The lowest BCUT2D eigenvalue weighted by Gasteiger charge is -2.37. The Hall–Kier alpha value is -3.02. The van der Waals surface area contributed by atoms with Gasteiger partial charge in [0.05, 0.1) is 19.4 Å². The molecule has 1 aromatic heterocycles. The van der Waals surface area contributed by atoms with E-state index in [1.165, 1.54) is 0 Å². The van der Waals surface area contributed by atoms with Gasteiger partial charge in [0.25, 0.3) is 0 Å². The van der Waals surface area contributed by atoms with E-state index < -0.39 is 18.7 Å². The minimum absolute atomic E-state index is 0.0467. The highest BCUT2D eigenvalue weighted by atomic mass is 19.1. The number of nitrogens with two attached hydrogens (primary N) is 1. The average molecular weight is 658 g/mol. The second-order valence-electron chi connectivity index (χ2n) is 13.5. The zero-order valence-electron chi connectivity index (χ0n) is 27.9. The van der Waals surface area contributed by atoms with Crippen molar-refractivity contribution in [2.45, 2.75) is 95.7 Å². The SMILES string of the molecule is CCOCCCOC(=O)c1cc2cc(NC(=O)[C@@H]3[C@H](C4CCC(OC)CC4)CCN3C(=O)C3CCC([C@H](N)CCF)CC3)ccc2o1. The van der Waals surface area contributed by atoms with Gasteiger partial charge >= 0.3 is 5.97 Å². The van der Waals surface area contributed by atoms with E-state index in [2.05, 4.69) is 5.32 Å². The van der Waals surface area contributed by atoms with Gasteiger partial charge in [-0.3, -0.25) is 14.0 Å². The molecule has 0 spiro atoms. The Morgan fingerprint density at radius 3 is 2.51 bits per heavy atom. The fourth-order valence-electron chi connectivity index (χ4n) is 8.02. The van der Waals surface area contributed by atoms with Gasteiger partial charge in [0.2, 0.25) is 17.6 Å². The number of furan rings is 1. The molecule has 3 aliphatic rings. The van der Waals surface area contributed by atoms with Crippen molar-refractivity contribution in [3.8, 4) is 0 Å². The number of esters is 1. The van der Waals surface area contributed by atoms with Crippen molar-refractivity contribution >= 4 is 34.4 Å². The van der Waals surface area contributed by atoms with Crippen molar-refractivity contribution in [2.24, 2.45) is 29.4 Å². The monoisotopic (exact) mass is 657 g/mol. The van der Waals surface area contributed by atoms with Gasteiger partial charge in [-0.2, -0.15) is 0 Å². The van der Waals surface area contributed by atoms with Gasteiger partial charge in [0.15, 0.2) is 0 Å². The highest BCUT2D eigenvalue weighted by molar-refractivity contribution is 6.00. The number of carbonyl (C=O) groups excluding carboxylic acids is 3. The first kappa shape index (κ1) is 35.3. The van der Waals surface area contributed by atoms with E-state index in [4.69, 9.17) is 24.4 Å². The quantitative estimate of drug-likeness (QED) is 0.190. The average Bonchev–Trinajstić information content (AvgIpc) is 3.73. The number of hydrogen-bond donors (Lipinski definition) is 2. The Labute approximate surface area is 277 Å². The Kier molecular flexibility index (Phi) is 12.7. The van der Waals surface area contributed by atoms with Crippen molar-refractivity contribution in [3.63, 3.8) is 0 Å². The third-order valence-electron chi connectivity index (χ3n) is 10.7. The maximum Gasteiger partial charge on any atom is 0.374 e. The number of anilines is 1. The Balaban J connectivity index is 1.28. The van der Waals surface area contributed by atoms with Crippen LogP contribution in [0.5, 0.6) is 0 Å². The maximum atomic E-state index is 14.2. The molecule has 1 aromatic carbocycles. The van der Waals surface area contributed by atoms with Crippen LogP contribution in [0.15, 0.2) is 28.7 Å². The van der Waals surface area contributed by atoms with Crippen LogP contribution in [0.2, 0.25) is 0 Å². The standard InChI is InChI=1S/C36H52FN3O7/c1-3-45-19-4-20-46-36(43)32-22-26-21-27(11-14-31(26)47-32)39-34(41)33-29(23-9-12-28(44-2)13-10-23)16-18-40(33)35(42)25-7-5-24(6-8-25)30(38)15-17-37/h11,14,21-25,28-30,33H,3-10,12-13,15-20,38H2,1-2H3,(H,39,41)/t23?,24?,25?,28?,29-,30+,33-/m0/s1. The van der Waals surface area contributed by atoms with E-state index in [1.807, 2.05) is 11.8 Å². The van der Waals surface area contributed by atoms with Crippen molar-refractivity contribution in [1.82, 2.24) is 4.90 Å². The number of nitrogens with zero attached hydrogens (tertiary/aromatic N) is 1. The van der Waals surface area contributed by atoms with E-state index in [1.54, 1.807) is 31.4 Å². The first-order valence-corrected chi connectivity index (χ1v) is 17.6. The van der Waals surface area contributed by atoms with Crippen LogP contribution in [0.1, 0.15) is 88.1 Å². The van der Waals surface area contributed by atoms with Crippen LogP contribution in [0.4, 0.5) is 10.1 Å². The molecule has 2 aromatic rings. The summed E-state index contributed by atoms with van der Waals surface area (Å²) in [5.41, 5.74) is 7.30. The molecule has 2 amide bonds. The number of ether oxygens (including phenoxy) is 3. The summed E-state index contributed by atoms with van der Waals surface area (Å²) in [7, 11) is 1.75. The molecule has 260 valence electrons. The first-order chi connectivity index (χ1) is 22.8. The summed E-state index contributed by atoms with van der Waals surface area (Å²) in [6.45, 7) is 3.41. The van der Waals surface area contributed by atoms with Crippen molar-refractivity contribution in [1.29, 1.82) is 0 Å². The van der Waals surface area contributed by atoms with Crippen LogP contribution in [0, 0.1) is 23.7 Å². The molecule has 2 aliphatic carbocycles. The molecule has 10 nitrogen and oxygen atoms in total. The number of nitrogens with one attached hydrogen (secondary N) is 1. The van der Waals surface area contributed by atoms with Crippen LogP contribution in [0.25, 0.3) is 11.0 Å². The molecule has 2 saturated carbocycles. The molecular formula is C36H52FN3O7. The summed E-state index contributed by atoms with van der Waals surface area (Å²) in [6, 6.07) is 6.14. The Bertz CT molecular complexity index is 1340. The number of benzene rings is 1. The van der Waals surface area contributed by atoms with Gasteiger partial charge in [0, 0.05) is 56.3 Å². The second kappa shape index (κ2) is 16.9. The number of hydrogen-bond acceptors (Lipinski definition) is 8. The van der Waals surface area contributed by atoms with Crippen LogP contribution in [-0.4, -0.2) is 81.0 Å². The van der Waals surface area contributed by atoms with Gasteiger partial charge in [-0.1, -0.05) is 0 Å². The van der Waals surface area contributed by atoms with Crippen molar-refractivity contribution in [2.75, 3.05) is 45.5 Å². The fraction of sp³-hybridized carbons (Fsp3) is 0.694. The van der Waals surface area contributed by atoms with E-state index in [-0.39, 0.29) is 54.1 Å². The molecule has 2 heterocycles. The molecule has 11 heteroatoms. The largest absolute Gasteiger partial charge is 0.460 e. The van der Waals surface area contributed by atoms with Crippen LogP contribution in [0.3, 0.4) is 0 Å². The maximum absolute atomic E-state index is 14.2. The number of methoxy groups -OCH3 is 1. The second-order valence-corrected chi connectivity index (χ2v) is 13.5. The molecule has 3 fully saturated rings. The lowest BCUT2D eigenvalue weighted by Crippen LogP contribution is -2.50. The minimum Gasteiger partial charge on any atom is -0.460 e. The molecule has 0 radical (unpaired) electrons. The number of fused-ring (bicyclic) bond motifs is 1. The summed E-state index contributed by atoms with van der Waals surface area (Å²) in [5, 5.41) is 3.77. The Morgan fingerprint density at radius 1 is 1.04 bits per heavy atom. The minimum atomic E-state index is -0.569. The number of alkyl halides is 1. The highest BCUT2D eigenvalue weighted by Crippen LogP contribution is 2.42.